The molecule has 0 amide bonds. The van der Waals surface area contributed by atoms with Crippen molar-refractivity contribution in [2.24, 2.45) is 0 Å². The first-order valence-corrected chi connectivity index (χ1v) is 12.5. The normalized spacial score (nSPS) is 13.1. The Hall–Kier alpha value is -2.24. The topological polar surface area (TPSA) is 9.23 Å². The Morgan fingerprint density at radius 1 is 0.700 bits per heavy atom. The Balaban J connectivity index is 1.44. The van der Waals surface area contributed by atoms with Gasteiger partial charge in [-0.15, -0.1) is 0 Å². The van der Waals surface area contributed by atoms with Crippen LogP contribution in [0.5, 0.6) is 5.75 Å². The Bertz CT molecular complexity index is 1160. The first-order valence-electron chi connectivity index (χ1n) is 10.1. The van der Waals surface area contributed by atoms with Gasteiger partial charge in [-0.1, -0.05) is 47.5 Å². The van der Waals surface area contributed by atoms with Crippen molar-refractivity contribution >= 4 is 33.5 Å². The Labute approximate surface area is 194 Å². The van der Waals surface area contributed by atoms with E-state index in [-0.39, 0.29) is 0 Å². The van der Waals surface area contributed by atoms with Gasteiger partial charge in [-0.25, -0.2) is 0 Å². The molecule has 1 aliphatic rings. The van der Waals surface area contributed by atoms with Crippen molar-refractivity contribution in [3.63, 3.8) is 0 Å². The van der Waals surface area contributed by atoms with E-state index in [0.29, 0.717) is 6.61 Å². The van der Waals surface area contributed by atoms with Crippen molar-refractivity contribution in [2.75, 3.05) is 0 Å². The smallest absolute Gasteiger partial charge is 0.119 e. The molecule has 3 heteroatoms. The fourth-order valence-corrected chi connectivity index (χ4v) is 6.89. The molecule has 0 bridgehead atoms. The van der Waals surface area contributed by atoms with E-state index in [2.05, 4.69) is 121 Å². The zero-order valence-electron chi connectivity index (χ0n) is 17.0. The second-order valence-electron chi connectivity index (χ2n) is 7.79. The number of rotatable bonds is 4. The van der Waals surface area contributed by atoms with Crippen molar-refractivity contribution in [3.05, 3.63) is 105 Å². The molecule has 30 heavy (non-hydrogen) atoms. The Kier molecular flexibility index (Phi) is 5.34. The summed E-state index contributed by atoms with van der Waals surface area (Å²) in [5.74, 6) is 0.916. The highest BCUT2D eigenvalue weighted by atomic mass is 127. The average Bonchev–Trinajstić information content (AvgIpc) is 3.06. The van der Waals surface area contributed by atoms with Gasteiger partial charge in [0, 0.05) is 13.4 Å². The molecular weight excluding hydrogens is 499 g/mol. The van der Waals surface area contributed by atoms with Crippen LogP contribution in [0, 0.1) is 17.4 Å². The predicted octanol–water partition coefficient (Wildman–Crippen LogP) is 7.95. The highest BCUT2D eigenvalue weighted by Gasteiger charge is 2.27. The maximum absolute atomic E-state index is 6.02. The zero-order valence-corrected chi connectivity index (χ0v) is 20.1. The van der Waals surface area contributed by atoms with E-state index in [1.54, 1.807) is 0 Å². The van der Waals surface area contributed by atoms with Crippen molar-refractivity contribution in [3.8, 4) is 16.9 Å². The second-order valence-corrected chi connectivity index (χ2v) is 11.2. The predicted molar refractivity (Wildman–Crippen MR) is 135 cm³/mol. The quantitative estimate of drug-likeness (QED) is 0.186. The number of ether oxygens (including phenoxy) is 1. The van der Waals surface area contributed by atoms with E-state index < -0.39 is 10.9 Å². The molecule has 1 heterocycles. The van der Waals surface area contributed by atoms with Gasteiger partial charge in [-0.3, -0.25) is 0 Å². The summed E-state index contributed by atoms with van der Waals surface area (Å²) in [6, 6.07) is 31.0. The molecule has 1 aliphatic heterocycles. The van der Waals surface area contributed by atoms with E-state index in [1.807, 2.05) is 0 Å². The van der Waals surface area contributed by atoms with Gasteiger partial charge >= 0.3 is 0 Å². The number of aryl methyl sites for hydroxylation is 2. The van der Waals surface area contributed by atoms with Crippen LogP contribution >= 0.6 is 33.5 Å². The molecule has 150 valence electrons. The van der Waals surface area contributed by atoms with E-state index >= 15 is 0 Å². The minimum absolute atomic E-state index is 0.522. The van der Waals surface area contributed by atoms with Gasteiger partial charge in [0.15, 0.2) is 0 Å². The van der Waals surface area contributed by atoms with Gasteiger partial charge in [0.05, 0.1) is 0 Å². The number of hydrogen-bond acceptors (Lipinski definition) is 1. The van der Waals surface area contributed by atoms with Crippen LogP contribution in [0.1, 0.15) is 16.7 Å². The molecule has 4 aromatic carbocycles. The van der Waals surface area contributed by atoms with Crippen molar-refractivity contribution in [1.29, 1.82) is 0 Å². The molecule has 0 radical (unpaired) electrons. The van der Waals surface area contributed by atoms with Crippen LogP contribution in [0.3, 0.4) is 0 Å². The minimum atomic E-state index is -0.522. The van der Waals surface area contributed by atoms with Crippen LogP contribution in [-0.2, 0) is 6.61 Å². The van der Waals surface area contributed by atoms with Crippen LogP contribution in [0.25, 0.3) is 11.1 Å². The van der Waals surface area contributed by atoms with E-state index in [4.69, 9.17) is 4.74 Å². The Morgan fingerprint density at radius 2 is 1.27 bits per heavy atom. The summed E-state index contributed by atoms with van der Waals surface area (Å²) in [6.07, 6.45) is 0. The highest BCUT2D eigenvalue weighted by Crippen LogP contribution is 2.62. The largest absolute Gasteiger partial charge is 0.489 e. The highest BCUT2D eigenvalue weighted by molar-refractivity contribution is 14.1. The third-order valence-corrected chi connectivity index (χ3v) is 8.77. The van der Waals surface area contributed by atoms with Crippen LogP contribution in [0.2, 0.25) is 0 Å². The van der Waals surface area contributed by atoms with Crippen molar-refractivity contribution < 1.29 is 4.74 Å². The van der Waals surface area contributed by atoms with Gasteiger partial charge in [0.2, 0.25) is 0 Å². The molecule has 0 aromatic heterocycles. The molecule has 0 saturated heterocycles. The number of fused-ring (bicyclic) bond motifs is 3. The van der Waals surface area contributed by atoms with Gasteiger partial charge in [0.25, 0.3) is 0 Å². The molecule has 0 aliphatic carbocycles. The van der Waals surface area contributed by atoms with E-state index in [9.17, 15) is 0 Å². The molecule has 4 aromatic rings. The molecule has 1 nitrogen and oxygen atoms in total. The first kappa shape index (κ1) is 19.7. The maximum Gasteiger partial charge on any atom is 0.119 e. The summed E-state index contributed by atoms with van der Waals surface area (Å²) in [4.78, 5) is 4.30. The van der Waals surface area contributed by atoms with Crippen LogP contribution in [-0.4, -0.2) is 0 Å². The lowest BCUT2D eigenvalue weighted by Gasteiger charge is -2.19. The van der Waals surface area contributed by atoms with Crippen LogP contribution in [0.4, 0.5) is 0 Å². The lowest BCUT2D eigenvalue weighted by molar-refractivity contribution is 0.306. The minimum Gasteiger partial charge on any atom is -0.489 e. The lowest BCUT2D eigenvalue weighted by atomic mass is 10.0. The number of hydrogen-bond donors (Lipinski definition) is 1. The third-order valence-electron chi connectivity index (χ3n) is 5.49. The van der Waals surface area contributed by atoms with Gasteiger partial charge < -0.3 is 4.74 Å². The zero-order chi connectivity index (χ0) is 20.7. The van der Waals surface area contributed by atoms with E-state index in [1.165, 1.54) is 46.1 Å². The van der Waals surface area contributed by atoms with Crippen molar-refractivity contribution in [1.82, 2.24) is 0 Å². The summed E-state index contributed by atoms with van der Waals surface area (Å²) >= 11 is 2.32. The SMILES string of the molecule is Cc1ccc2c(c1)-c1cc(C)ccc1[SH]2c1ccc(OCc2ccc(I)cc2)cc1. The van der Waals surface area contributed by atoms with Crippen LogP contribution in [0.15, 0.2) is 99.6 Å². The maximum atomic E-state index is 6.02. The first-order chi connectivity index (χ1) is 14.6. The fraction of sp³-hybridized carbons (Fsp3) is 0.111. The summed E-state index contributed by atoms with van der Waals surface area (Å²) in [6.45, 7) is 4.95. The van der Waals surface area contributed by atoms with Gasteiger partial charge in [-0.2, -0.15) is 10.9 Å². The molecule has 0 saturated carbocycles. The summed E-state index contributed by atoms with van der Waals surface area (Å²) in [5, 5.41) is 0. The molecular formula is C27H23IOS. The second kappa shape index (κ2) is 8.12. The average molecular weight is 522 g/mol. The summed E-state index contributed by atoms with van der Waals surface area (Å²) in [7, 11) is -0.522. The van der Waals surface area contributed by atoms with Crippen LogP contribution < -0.4 is 4.74 Å². The molecule has 0 fully saturated rings. The number of halogens is 1. The molecule has 0 atom stereocenters. The van der Waals surface area contributed by atoms with Crippen molar-refractivity contribution in [2.45, 2.75) is 35.1 Å². The van der Waals surface area contributed by atoms with Gasteiger partial charge in [-0.05, 0) is 107 Å². The lowest BCUT2D eigenvalue weighted by Crippen LogP contribution is -1.95. The number of benzene rings is 4. The summed E-state index contributed by atoms with van der Waals surface area (Å²) < 4.78 is 7.27. The third kappa shape index (κ3) is 3.77. The fourth-order valence-electron chi connectivity index (χ4n) is 3.97. The Morgan fingerprint density at radius 3 is 1.83 bits per heavy atom. The standard InChI is InChI=1S/C27H23IOS/c1-18-3-13-26-24(15-18)25-16-19(2)4-14-27(25)30(26)23-11-9-22(10-12-23)29-17-20-5-7-21(28)8-6-20/h3-16,30H,17H2,1-2H3. The number of thiol groups is 1. The summed E-state index contributed by atoms with van der Waals surface area (Å²) in [5.41, 5.74) is 6.63. The monoisotopic (exact) mass is 522 g/mol. The van der Waals surface area contributed by atoms with Gasteiger partial charge in [0.1, 0.15) is 12.4 Å². The molecule has 0 spiro atoms. The van der Waals surface area contributed by atoms with E-state index in [0.717, 1.165) is 5.75 Å². The molecule has 0 N–H and O–H groups in total. The molecule has 0 unspecified atom stereocenters. The molecule has 5 rings (SSSR count).